The van der Waals surface area contributed by atoms with Gasteiger partial charge in [0.05, 0.1) is 0 Å². The summed E-state index contributed by atoms with van der Waals surface area (Å²) in [4.78, 5) is 0. The molecule has 0 aliphatic carbocycles. The Balaban J connectivity index is 3.55. The second-order valence-electron chi connectivity index (χ2n) is 0.629. The van der Waals surface area contributed by atoms with Crippen molar-refractivity contribution in [3.05, 3.63) is 0 Å². The molecule has 0 spiro atoms. The van der Waals surface area contributed by atoms with Crippen LogP contribution in [0.25, 0.3) is 0 Å². The van der Waals surface area contributed by atoms with Crippen LogP contribution in [0.2, 0.25) is 0 Å². The van der Waals surface area contributed by atoms with Crippen LogP contribution >= 0.6 is 12.6 Å². The molecule has 0 N–H and O–H groups in total. The molecule has 0 aliphatic rings. The number of nitriles is 1. The fraction of sp³-hybridized carbons (Fsp3) is 0.500. The lowest BCUT2D eigenvalue weighted by Gasteiger charge is -1.87. The first-order chi connectivity index (χ1) is 2.56. The van der Waals surface area contributed by atoms with Crippen LogP contribution in [0.5, 0.6) is 0 Å². The predicted molar refractivity (Wildman–Crippen MR) is 18.2 cm³/mol. The minimum Gasteiger partial charge on any atom is -0.191 e. The first-order valence-electron chi connectivity index (χ1n) is 1.06. The zero-order chi connectivity index (χ0) is 5.21. The molecule has 0 unspecified atom stereocenters. The maximum atomic E-state index is 10.9. The molecule has 0 atom stereocenters. The van der Waals surface area contributed by atoms with Gasteiger partial charge in [-0.05, 0) is 0 Å². The second kappa shape index (κ2) is 1.43. The molecule has 0 aliphatic heterocycles. The molecule has 0 aromatic heterocycles. The summed E-state index contributed by atoms with van der Waals surface area (Å²) in [6.45, 7) is 0. The van der Waals surface area contributed by atoms with Crippen molar-refractivity contribution >= 4 is 12.6 Å². The fourth-order valence-corrected chi connectivity index (χ4v) is 0. The largest absolute Gasteiger partial charge is 0.389 e. The molecular weight excluding hydrogens is 108 g/mol. The monoisotopic (exact) mass is 108 g/mol. The standard InChI is InChI=1S/C2F2NS/c3-2(4,6)1-5. The van der Waals surface area contributed by atoms with Gasteiger partial charge in [-0.1, -0.05) is 0 Å². The number of hydrogen-bond acceptors (Lipinski definition) is 1. The number of nitrogens with zero attached hydrogens (tertiary/aromatic N) is 1. The van der Waals surface area contributed by atoms with Crippen LogP contribution in [-0.4, -0.2) is 5.25 Å². The molecule has 0 bridgehead atoms. The summed E-state index contributed by atoms with van der Waals surface area (Å²) in [5.74, 6) is 0. The summed E-state index contributed by atoms with van der Waals surface area (Å²) >= 11 is 3.29. The molecule has 1 radical (unpaired) electrons. The zero-order valence-electron chi connectivity index (χ0n) is 2.61. The molecule has 0 fully saturated rings. The molecule has 33 valence electrons. The SMILES string of the molecule is N#CC(F)(F)[S]. The van der Waals surface area contributed by atoms with Gasteiger partial charge in [-0.15, -0.1) is 0 Å². The first kappa shape index (κ1) is 5.70. The Hall–Kier alpha value is -0.300. The summed E-state index contributed by atoms with van der Waals surface area (Å²) < 4.78 is 21.8. The van der Waals surface area contributed by atoms with Crippen molar-refractivity contribution in [2.24, 2.45) is 0 Å². The summed E-state index contributed by atoms with van der Waals surface area (Å²) in [5.41, 5.74) is 0. The molecule has 0 rings (SSSR count). The molecular formula is C2F2NS. The topological polar surface area (TPSA) is 23.8 Å². The first-order valence-corrected chi connectivity index (χ1v) is 1.46. The quantitative estimate of drug-likeness (QED) is 0.458. The van der Waals surface area contributed by atoms with Gasteiger partial charge in [-0.2, -0.15) is 14.0 Å². The minimum atomic E-state index is -3.57. The molecule has 0 amide bonds. The van der Waals surface area contributed by atoms with E-state index in [1.54, 1.807) is 0 Å². The van der Waals surface area contributed by atoms with Crippen LogP contribution in [0.3, 0.4) is 0 Å². The van der Waals surface area contributed by atoms with E-state index in [1.807, 2.05) is 0 Å². The van der Waals surface area contributed by atoms with Gasteiger partial charge in [-0.3, -0.25) is 0 Å². The Morgan fingerprint density at radius 3 is 1.83 bits per heavy atom. The molecule has 0 saturated carbocycles. The van der Waals surface area contributed by atoms with E-state index in [-0.39, 0.29) is 0 Å². The zero-order valence-corrected chi connectivity index (χ0v) is 3.43. The highest BCUT2D eigenvalue weighted by Gasteiger charge is 2.21. The Bertz CT molecular complexity index is 78.5. The van der Waals surface area contributed by atoms with E-state index < -0.39 is 5.25 Å². The Morgan fingerprint density at radius 1 is 1.67 bits per heavy atom. The third kappa shape index (κ3) is 3.70. The third-order valence-electron chi connectivity index (χ3n) is 0.130. The van der Waals surface area contributed by atoms with Crippen LogP contribution in [-0.2, 0) is 0 Å². The summed E-state index contributed by atoms with van der Waals surface area (Å²) in [7, 11) is 0. The lowest BCUT2D eigenvalue weighted by molar-refractivity contribution is 0.174. The van der Waals surface area contributed by atoms with Crippen LogP contribution in [0.15, 0.2) is 0 Å². The van der Waals surface area contributed by atoms with Crippen molar-refractivity contribution in [1.29, 1.82) is 5.26 Å². The van der Waals surface area contributed by atoms with Crippen LogP contribution < -0.4 is 0 Å². The second-order valence-corrected chi connectivity index (χ2v) is 1.14. The van der Waals surface area contributed by atoms with Crippen molar-refractivity contribution in [1.82, 2.24) is 0 Å². The Morgan fingerprint density at radius 2 is 1.83 bits per heavy atom. The highest BCUT2D eigenvalue weighted by atomic mass is 32.1. The molecule has 6 heavy (non-hydrogen) atoms. The van der Waals surface area contributed by atoms with Gasteiger partial charge >= 0.3 is 5.25 Å². The van der Waals surface area contributed by atoms with Crippen LogP contribution in [0, 0.1) is 11.3 Å². The van der Waals surface area contributed by atoms with Crippen molar-refractivity contribution in [2.75, 3.05) is 0 Å². The van der Waals surface area contributed by atoms with E-state index in [9.17, 15) is 8.78 Å². The molecule has 0 heterocycles. The Kier molecular flexibility index (Phi) is 1.36. The minimum absolute atomic E-state index is 0.586. The molecule has 0 saturated heterocycles. The van der Waals surface area contributed by atoms with E-state index >= 15 is 0 Å². The smallest absolute Gasteiger partial charge is 0.191 e. The van der Waals surface area contributed by atoms with E-state index in [4.69, 9.17) is 5.26 Å². The number of alkyl halides is 2. The number of hydrogen-bond donors (Lipinski definition) is 0. The number of rotatable bonds is 0. The summed E-state index contributed by atoms with van der Waals surface area (Å²) in [5, 5.41) is 3.73. The van der Waals surface area contributed by atoms with Gasteiger partial charge in [0.15, 0.2) is 6.07 Å². The van der Waals surface area contributed by atoms with Crippen LogP contribution in [0.1, 0.15) is 0 Å². The van der Waals surface area contributed by atoms with E-state index in [2.05, 4.69) is 12.6 Å². The van der Waals surface area contributed by atoms with Gasteiger partial charge in [0, 0.05) is 12.6 Å². The lowest BCUT2D eigenvalue weighted by Crippen LogP contribution is -1.97. The van der Waals surface area contributed by atoms with Crippen molar-refractivity contribution < 1.29 is 8.78 Å². The van der Waals surface area contributed by atoms with E-state index in [0.717, 1.165) is 0 Å². The summed E-state index contributed by atoms with van der Waals surface area (Å²) in [6, 6.07) is 0.586. The van der Waals surface area contributed by atoms with Gasteiger partial charge in [-0.25, -0.2) is 0 Å². The number of halogens is 2. The maximum Gasteiger partial charge on any atom is 0.389 e. The molecule has 0 aromatic carbocycles. The van der Waals surface area contributed by atoms with Crippen molar-refractivity contribution in [3.8, 4) is 6.07 Å². The van der Waals surface area contributed by atoms with Gasteiger partial charge < -0.3 is 0 Å². The van der Waals surface area contributed by atoms with Gasteiger partial charge in [0.25, 0.3) is 0 Å². The molecule has 0 aromatic rings. The average molecular weight is 108 g/mol. The summed E-state index contributed by atoms with van der Waals surface area (Å²) in [6.07, 6.45) is 0. The lowest BCUT2D eigenvalue weighted by atomic mass is 10.8. The van der Waals surface area contributed by atoms with E-state index in [0.29, 0.717) is 6.07 Å². The third-order valence-corrected chi connectivity index (χ3v) is 0.221. The fourth-order valence-electron chi connectivity index (χ4n) is 0. The van der Waals surface area contributed by atoms with Crippen LogP contribution in [0.4, 0.5) is 8.78 Å². The normalized spacial score (nSPS) is 10.3. The molecule has 1 nitrogen and oxygen atoms in total. The van der Waals surface area contributed by atoms with Crippen molar-refractivity contribution in [2.45, 2.75) is 5.25 Å². The van der Waals surface area contributed by atoms with Gasteiger partial charge in [0.2, 0.25) is 0 Å². The maximum absolute atomic E-state index is 10.9. The average Bonchev–Trinajstić information content (AvgIpc) is 1.35. The Labute approximate surface area is 39.0 Å². The predicted octanol–water partition coefficient (Wildman–Crippen LogP) is 1.30. The van der Waals surface area contributed by atoms with Gasteiger partial charge in [0.1, 0.15) is 0 Å². The highest BCUT2D eigenvalue weighted by molar-refractivity contribution is 7.81. The molecule has 4 heteroatoms. The highest BCUT2D eigenvalue weighted by Crippen LogP contribution is 2.14. The van der Waals surface area contributed by atoms with E-state index in [1.165, 1.54) is 0 Å². The van der Waals surface area contributed by atoms with Crippen molar-refractivity contribution in [3.63, 3.8) is 0 Å².